The molecule has 106 valence electrons. The Morgan fingerprint density at radius 3 is 2.79 bits per heavy atom. The number of rotatable bonds is 6. The van der Waals surface area contributed by atoms with Crippen LogP contribution in [-0.4, -0.2) is 37.7 Å². The Labute approximate surface area is 116 Å². The van der Waals surface area contributed by atoms with Crippen molar-refractivity contribution in [2.75, 3.05) is 26.8 Å². The van der Waals surface area contributed by atoms with Crippen molar-refractivity contribution in [2.24, 2.45) is 11.7 Å². The van der Waals surface area contributed by atoms with Crippen LogP contribution < -0.4 is 5.73 Å². The molecule has 0 bridgehead atoms. The summed E-state index contributed by atoms with van der Waals surface area (Å²) in [5.41, 5.74) is 7.61. The first-order valence-corrected chi connectivity index (χ1v) is 7.26. The molecule has 2 N–H and O–H groups in total. The van der Waals surface area contributed by atoms with Gasteiger partial charge in [-0.25, -0.2) is 0 Å². The van der Waals surface area contributed by atoms with Gasteiger partial charge in [0.15, 0.2) is 0 Å². The third-order valence-electron chi connectivity index (χ3n) is 4.18. The second-order valence-electron chi connectivity index (χ2n) is 5.66. The highest BCUT2D eigenvalue weighted by molar-refractivity contribution is 5.19. The van der Waals surface area contributed by atoms with Gasteiger partial charge >= 0.3 is 0 Å². The average Bonchev–Trinajstić information content (AvgIpc) is 2.86. The predicted octanol–water partition coefficient (Wildman–Crippen LogP) is 2.43. The second-order valence-corrected chi connectivity index (χ2v) is 5.66. The van der Waals surface area contributed by atoms with Crippen molar-refractivity contribution >= 4 is 0 Å². The van der Waals surface area contributed by atoms with Crippen LogP contribution in [0, 0.1) is 5.92 Å². The first-order valence-electron chi connectivity index (χ1n) is 7.26. The van der Waals surface area contributed by atoms with E-state index in [0.29, 0.717) is 12.0 Å². The van der Waals surface area contributed by atoms with Crippen LogP contribution in [0.25, 0.3) is 0 Å². The minimum absolute atomic E-state index is 0.116. The van der Waals surface area contributed by atoms with Crippen LogP contribution in [-0.2, 0) is 4.74 Å². The van der Waals surface area contributed by atoms with Gasteiger partial charge in [-0.1, -0.05) is 37.3 Å². The maximum absolute atomic E-state index is 6.38. The number of nitrogens with two attached hydrogens (primary N) is 1. The second kappa shape index (κ2) is 7.04. The van der Waals surface area contributed by atoms with E-state index in [-0.39, 0.29) is 6.04 Å². The molecule has 0 aromatic heterocycles. The zero-order valence-electron chi connectivity index (χ0n) is 12.1. The Morgan fingerprint density at radius 1 is 1.37 bits per heavy atom. The van der Waals surface area contributed by atoms with Crippen molar-refractivity contribution in [3.05, 3.63) is 35.9 Å². The van der Waals surface area contributed by atoms with Crippen LogP contribution >= 0.6 is 0 Å². The van der Waals surface area contributed by atoms with Gasteiger partial charge in [-0.2, -0.15) is 0 Å². The molecule has 1 aromatic rings. The summed E-state index contributed by atoms with van der Waals surface area (Å²) in [5, 5.41) is 0. The van der Waals surface area contributed by atoms with Gasteiger partial charge in [0.2, 0.25) is 0 Å². The fraction of sp³-hybridized carbons (Fsp3) is 0.625. The molecule has 3 heteroatoms. The molecule has 0 radical (unpaired) electrons. The molecule has 0 saturated carbocycles. The molecular weight excluding hydrogens is 236 g/mol. The number of likely N-dealkylation sites (tertiary alicyclic amines) is 1. The molecule has 2 rings (SSSR count). The molecule has 1 aliphatic heterocycles. The quantitative estimate of drug-likeness (QED) is 0.855. The van der Waals surface area contributed by atoms with Crippen LogP contribution in [0.5, 0.6) is 0 Å². The highest BCUT2D eigenvalue weighted by Crippen LogP contribution is 2.24. The molecule has 1 heterocycles. The number of nitrogens with zero attached hydrogens (tertiary/aromatic N) is 1. The van der Waals surface area contributed by atoms with E-state index in [1.165, 1.54) is 24.9 Å². The summed E-state index contributed by atoms with van der Waals surface area (Å²) in [5.74, 6) is 0.458. The minimum Gasteiger partial charge on any atom is -0.383 e. The largest absolute Gasteiger partial charge is 0.383 e. The molecule has 1 aliphatic rings. The normalized spacial score (nSPS) is 23.4. The Morgan fingerprint density at radius 2 is 2.11 bits per heavy atom. The summed E-state index contributed by atoms with van der Waals surface area (Å²) >= 11 is 0. The number of hydrogen-bond donors (Lipinski definition) is 1. The monoisotopic (exact) mass is 262 g/mol. The highest BCUT2D eigenvalue weighted by atomic mass is 16.5. The molecule has 0 spiro atoms. The zero-order valence-corrected chi connectivity index (χ0v) is 12.1. The Bertz CT molecular complexity index is 368. The van der Waals surface area contributed by atoms with Gasteiger partial charge in [0, 0.05) is 25.7 Å². The SMILES string of the molecule is COC[C@H]1CCCN1C[C@H](C)[C@@H](N)c1ccccc1. The summed E-state index contributed by atoms with van der Waals surface area (Å²) in [6.45, 7) is 5.33. The smallest absolute Gasteiger partial charge is 0.0618 e. The fourth-order valence-electron chi connectivity index (χ4n) is 3.00. The number of hydrogen-bond acceptors (Lipinski definition) is 3. The minimum atomic E-state index is 0.116. The van der Waals surface area contributed by atoms with Crippen LogP contribution in [0.15, 0.2) is 30.3 Å². The molecule has 19 heavy (non-hydrogen) atoms. The Hall–Kier alpha value is -0.900. The molecule has 0 unspecified atom stereocenters. The van der Waals surface area contributed by atoms with Crippen molar-refractivity contribution in [3.8, 4) is 0 Å². The van der Waals surface area contributed by atoms with Crippen molar-refractivity contribution < 1.29 is 4.74 Å². The molecule has 0 amide bonds. The number of methoxy groups -OCH3 is 1. The lowest BCUT2D eigenvalue weighted by Crippen LogP contribution is -2.38. The molecule has 3 nitrogen and oxygen atoms in total. The van der Waals surface area contributed by atoms with Crippen LogP contribution in [0.1, 0.15) is 31.4 Å². The average molecular weight is 262 g/mol. The third-order valence-corrected chi connectivity index (χ3v) is 4.18. The zero-order chi connectivity index (χ0) is 13.7. The Kier molecular flexibility index (Phi) is 5.37. The summed E-state index contributed by atoms with van der Waals surface area (Å²) in [6, 6.07) is 11.1. The van der Waals surface area contributed by atoms with Crippen LogP contribution in [0.3, 0.4) is 0 Å². The van der Waals surface area contributed by atoms with Crippen LogP contribution in [0.4, 0.5) is 0 Å². The summed E-state index contributed by atoms with van der Waals surface area (Å²) in [7, 11) is 1.79. The van der Waals surface area contributed by atoms with Crippen molar-refractivity contribution in [2.45, 2.75) is 31.8 Å². The van der Waals surface area contributed by atoms with E-state index < -0.39 is 0 Å². The van der Waals surface area contributed by atoms with E-state index in [1.54, 1.807) is 7.11 Å². The topological polar surface area (TPSA) is 38.5 Å². The lowest BCUT2D eigenvalue weighted by Gasteiger charge is -2.29. The van der Waals surface area contributed by atoms with E-state index in [2.05, 4.69) is 36.1 Å². The number of ether oxygens (including phenoxy) is 1. The standard InChI is InChI=1S/C16H26N2O/c1-13(16(17)14-7-4-3-5-8-14)11-18-10-6-9-15(18)12-19-2/h3-5,7-8,13,15-16H,6,9-12,17H2,1-2H3/t13-,15+,16+/m0/s1. The van der Waals surface area contributed by atoms with E-state index in [9.17, 15) is 0 Å². The maximum Gasteiger partial charge on any atom is 0.0618 e. The van der Waals surface area contributed by atoms with Gasteiger partial charge in [-0.3, -0.25) is 4.90 Å². The fourth-order valence-corrected chi connectivity index (χ4v) is 3.00. The van der Waals surface area contributed by atoms with E-state index in [0.717, 1.165) is 13.2 Å². The summed E-state index contributed by atoms with van der Waals surface area (Å²) in [6.07, 6.45) is 2.53. The van der Waals surface area contributed by atoms with Gasteiger partial charge in [0.1, 0.15) is 0 Å². The van der Waals surface area contributed by atoms with E-state index >= 15 is 0 Å². The molecule has 1 saturated heterocycles. The predicted molar refractivity (Wildman–Crippen MR) is 79.0 cm³/mol. The maximum atomic E-state index is 6.38. The van der Waals surface area contributed by atoms with E-state index in [1.807, 2.05) is 6.07 Å². The van der Waals surface area contributed by atoms with E-state index in [4.69, 9.17) is 10.5 Å². The van der Waals surface area contributed by atoms with Crippen molar-refractivity contribution in [1.82, 2.24) is 4.90 Å². The van der Waals surface area contributed by atoms with Crippen LogP contribution in [0.2, 0.25) is 0 Å². The van der Waals surface area contributed by atoms with Gasteiger partial charge in [0.25, 0.3) is 0 Å². The summed E-state index contributed by atoms with van der Waals surface area (Å²) in [4.78, 5) is 2.54. The molecular formula is C16H26N2O. The lowest BCUT2D eigenvalue weighted by atomic mass is 9.95. The Balaban J connectivity index is 1.91. The lowest BCUT2D eigenvalue weighted by molar-refractivity contribution is 0.104. The third kappa shape index (κ3) is 3.78. The first kappa shape index (κ1) is 14.5. The van der Waals surface area contributed by atoms with Crippen molar-refractivity contribution in [3.63, 3.8) is 0 Å². The summed E-state index contributed by atoms with van der Waals surface area (Å²) < 4.78 is 5.31. The van der Waals surface area contributed by atoms with Gasteiger partial charge in [0.05, 0.1) is 6.61 Å². The molecule has 1 fully saturated rings. The molecule has 1 aromatic carbocycles. The molecule has 0 aliphatic carbocycles. The first-order chi connectivity index (χ1) is 9.22. The highest BCUT2D eigenvalue weighted by Gasteiger charge is 2.27. The van der Waals surface area contributed by atoms with Crippen molar-refractivity contribution in [1.29, 1.82) is 0 Å². The molecule has 3 atom stereocenters. The number of benzene rings is 1. The van der Waals surface area contributed by atoms with Gasteiger partial charge in [-0.15, -0.1) is 0 Å². The van der Waals surface area contributed by atoms with Gasteiger partial charge < -0.3 is 10.5 Å². The van der Waals surface area contributed by atoms with Gasteiger partial charge in [-0.05, 0) is 30.9 Å².